The maximum Gasteiger partial charge on any atom is 0.306 e. The molecule has 62 valence electrons. The van der Waals surface area contributed by atoms with E-state index in [2.05, 4.69) is 0 Å². The van der Waals surface area contributed by atoms with Crippen molar-refractivity contribution in [2.24, 2.45) is 17.8 Å². The maximum absolute atomic E-state index is 10.6. The van der Waals surface area contributed by atoms with Crippen molar-refractivity contribution >= 4 is 5.97 Å². The molecule has 2 N–H and O–H groups in total. The Morgan fingerprint density at radius 3 is 2.36 bits per heavy atom. The summed E-state index contributed by atoms with van der Waals surface area (Å²) in [7, 11) is 0. The molecule has 4 atom stereocenters. The van der Waals surface area contributed by atoms with Gasteiger partial charge in [-0.15, -0.1) is 0 Å². The molecule has 2 saturated carbocycles. The van der Waals surface area contributed by atoms with Crippen molar-refractivity contribution in [3.8, 4) is 0 Å². The molecule has 0 saturated heterocycles. The van der Waals surface area contributed by atoms with Gasteiger partial charge in [-0.1, -0.05) is 0 Å². The zero-order valence-electron chi connectivity index (χ0n) is 6.23. The van der Waals surface area contributed by atoms with E-state index in [1.807, 2.05) is 0 Å². The van der Waals surface area contributed by atoms with Gasteiger partial charge in [0.1, 0.15) is 0 Å². The van der Waals surface area contributed by atoms with Gasteiger partial charge in [0.05, 0.1) is 12.0 Å². The number of aliphatic carboxylic acids is 1. The molecule has 0 heterocycles. The molecule has 2 aliphatic rings. The number of hydrogen-bond acceptors (Lipinski definition) is 2. The zero-order chi connectivity index (χ0) is 8.01. The van der Waals surface area contributed by atoms with Crippen LogP contribution in [0, 0.1) is 17.8 Å². The number of fused-ring (bicyclic) bond motifs is 2. The summed E-state index contributed by atoms with van der Waals surface area (Å²) in [6.07, 6.45) is 2.21. The summed E-state index contributed by atoms with van der Waals surface area (Å²) in [5.41, 5.74) is 0. The van der Waals surface area contributed by atoms with E-state index in [9.17, 15) is 9.90 Å². The van der Waals surface area contributed by atoms with Gasteiger partial charge in [-0.25, -0.2) is 0 Å². The number of carboxylic acid groups (broad SMARTS) is 1. The molecule has 2 bridgehead atoms. The quantitative estimate of drug-likeness (QED) is 0.580. The molecule has 0 spiro atoms. The summed E-state index contributed by atoms with van der Waals surface area (Å²) in [5, 5.41) is 18.1. The molecule has 0 unspecified atom stereocenters. The molecule has 3 heteroatoms. The lowest BCUT2D eigenvalue weighted by Crippen LogP contribution is -2.29. The molecule has 0 aliphatic heterocycles. The highest BCUT2D eigenvalue weighted by Gasteiger charge is 2.48. The summed E-state index contributed by atoms with van der Waals surface area (Å²) < 4.78 is 0. The van der Waals surface area contributed by atoms with Crippen LogP contribution in [0.2, 0.25) is 0 Å². The largest absolute Gasteiger partial charge is 0.481 e. The van der Waals surface area contributed by atoms with Gasteiger partial charge in [-0.05, 0) is 31.1 Å². The van der Waals surface area contributed by atoms with E-state index in [0.29, 0.717) is 5.92 Å². The van der Waals surface area contributed by atoms with E-state index in [0.717, 1.165) is 19.3 Å². The molecule has 2 rings (SSSR count). The van der Waals surface area contributed by atoms with E-state index in [1.54, 1.807) is 0 Å². The van der Waals surface area contributed by atoms with Crippen molar-refractivity contribution < 1.29 is 15.0 Å². The van der Waals surface area contributed by atoms with Crippen LogP contribution in [0.25, 0.3) is 0 Å². The summed E-state index contributed by atoms with van der Waals surface area (Å²) in [6, 6.07) is 0. The summed E-state index contributed by atoms with van der Waals surface area (Å²) >= 11 is 0. The second-order valence-corrected chi connectivity index (χ2v) is 3.75. The lowest BCUT2D eigenvalue weighted by Gasteiger charge is -2.22. The molecule has 11 heavy (non-hydrogen) atoms. The fourth-order valence-corrected chi connectivity index (χ4v) is 2.60. The van der Waals surface area contributed by atoms with Crippen molar-refractivity contribution in [3.05, 3.63) is 0 Å². The first-order valence-electron chi connectivity index (χ1n) is 4.09. The Bertz CT molecular complexity index is 190. The minimum atomic E-state index is -0.726. The molecule has 3 nitrogen and oxygen atoms in total. The Hall–Kier alpha value is -0.570. The van der Waals surface area contributed by atoms with Crippen molar-refractivity contribution in [2.45, 2.75) is 25.4 Å². The Morgan fingerprint density at radius 2 is 2.00 bits per heavy atom. The van der Waals surface area contributed by atoms with Crippen LogP contribution in [0.3, 0.4) is 0 Å². The van der Waals surface area contributed by atoms with Crippen molar-refractivity contribution in [1.29, 1.82) is 0 Å². The van der Waals surface area contributed by atoms with Crippen LogP contribution in [0.4, 0.5) is 0 Å². The lowest BCUT2D eigenvalue weighted by molar-refractivity contribution is -0.145. The monoisotopic (exact) mass is 156 g/mol. The Morgan fingerprint density at radius 1 is 1.27 bits per heavy atom. The van der Waals surface area contributed by atoms with Gasteiger partial charge in [-0.2, -0.15) is 0 Å². The number of carboxylic acids is 1. The van der Waals surface area contributed by atoms with Gasteiger partial charge in [0.15, 0.2) is 0 Å². The van der Waals surface area contributed by atoms with Crippen LogP contribution < -0.4 is 0 Å². The first-order chi connectivity index (χ1) is 5.18. The SMILES string of the molecule is O=C(O)[C@H]1C[C@H]2C[C@@H]1[C@@H](O)C2. The van der Waals surface area contributed by atoms with Crippen LogP contribution >= 0.6 is 0 Å². The van der Waals surface area contributed by atoms with E-state index < -0.39 is 5.97 Å². The Labute approximate surface area is 65.0 Å². The Kier molecular flexibility index (Phi) is 1.42. The minimum Gasteiger partial charge on any atom is -0.481 e. The van der Waals surface area contributed by atoms with E-state index in [4.69, 9.17) is 5.11 Å². The number of aliphatic hydroxyl groups excluding tert-OH is 1. The zero-order valence-corrected chi connectivity index (χ0v) is 6.23. The molecule has 0 aromatic carbocycles. The van der Waals surface area contributed by atoms with Crippen LogP contribution in [-0.4, -0.2) is 22.3 Å². The number of rotatable bonds is 1. The molecular weight excluding hydrogens is 144 g/mol. The average molecular weight is 156 g/mol. The standard InChI is InChI=1S/C8H12O3/c9-7-3-4-1-5(7)6(2-4)8(10)11/h4-7,9H,1-3H2,(H,10,11)/t4-,5+,6+,7+/m1/s1. The predicted octanol–water partition coefficient (Wildman–Crippen LogP) is 0.478. The summed E-state index contributed by atoms with van der Waals surface area (Å²) in [5.74, 6) is -0.450. The third-order valence-electron chi connectivity index (χ3n) is 3.10. The molecule has 2 fully saturated rings. The lowest BCUT2D eigenvalue weighted by atomic mass is 9.87. The van der Waals surface area contributed by atoms with Gasteiger partial charge < -0.3 is 10.2 Å². The van der Waals surface area contributed by atoms with Crippen molar-refractivity contribution in [3.63, 3.8) is 0 Å². The van der Waals surface area contributed by atoms with Crippen LogP contribution in [-0.2, 0) is 4.79 Å². The third-order valence-corrected chi connectivity index (χ3v) is 3.10. The molecule has 0 aromatic rings. The van der Waals surface area contributed by atoms with E-state index >= 15 is 0 Å². The predicted molar refractivity (Wildman–Crippen MR) is 38.0 cm³/mol. The molecule has 0 radical (unpaired) electrons. The molecular formula is C8H12O3. The highest BCUT2D eigenvalue weighted by molar-refractivity contribution is 5.71. The summed E-state index contributed by atoms with van der Waals surface area (Å²) in [4.78, 5) is 10.6. The van der Waals surface area contributed by atoms with Gasteiger partial charge in [-0.3, -0.25) is 4.79 Å². The van der Waals surface area contributed by atoms with Crippen LogP contribution in [0.1, 0.15) is 19.3 Å². The molecule has 0 amide bonds. The second kappa shape index (κ2) is 2.21. The second-order valence-electron chi connectivity index (χ2n) is 3.75. The van der Waals surface area contributed by atoms with Gasteiger partial charge >= 0.3 is 5.97 Å². The fourth-order valence-electron chi connectivity index (χ4n) is 2.60. The normalized spacial score (nSPS) is 48.1. The first-order valence-corrected chi connectivity index (χ1v) is 4.09. The minimum absolute atomic E-state index is 0.0532. The summed E-state index contributed by atoms with van der Waals surface area (Å²) in [6.45, 7) is 0. The third kappa shape index (κ3) is 0.948. The van der Waals surface area contributed by atoms with Crippen molar-refractivity contribution in [2.75, 3.05) is 0 Å². The smallest absolute Gasteiger partial charge is 0.306 e. The number of hydrogen-bond donors (Lipinski definition) is 2. The average Bonchev–Trinajstić information content (AvgIpc) is 2.43. The topological polar surface area (TPSA) is 57.5 Å². The fraction of sp³-hybridized carbons (Fsp3) is 0.875. The van der Waals surface area contributed by atoms with Gasteiger partial charge in [0, 0.05) is 0 Å². The Balaban J connectivity index is 2.12. The number of aliphatic hydroxyl groups is 1. The van der Waals surface area contributed by atoms with Crippen LogP contribution in [0.5, 0.6) is 0 Å². The molecule has 2 aliphatic carbocycles. The highest BCUT2D eigenvalue weighted by Crippen LogP contribution is 2.48. The molecule has 0 aromatic heterocycles. The van der Waals surface area contributed by atoms with E-state index in [1.165, 1.54) is 0 Å². The number of carbonyl (C=O) groups is 1. The van der Waals surface area contributed by atoms with Gasteiger partial charge in [0.25, 0.3) is 0 Å². The van der Waals surface area contributed by atoms with Crippen molar-refractivity contribution in [1.82, 2.24) is 0 Å². The highest BCUT2D eigenvalue weighted by atomic mass is 16.4. The first kappa shape index (κ1) is 7.10. The van der Waals surface area contributed by atoms with Gasteiger partial charge in [0.2, 0.25) is 0 Å². The van der Waals surface area contributed by atoms with E-state index in [-0.39, 0.29) is 17.9 Å². The maximum atomic E-state index is 10.6. The van der Waals surface area contributed by atoms with Crippen LogP contribution in [0.15, 0.2) is 0 Å².